The fraction of sp³-hybridized carbons (Fsp3) is 0.650. The molecule has 0 saturated carbocycles. The van der Waals surface area contributed by atoms with E-state index in [1.54, 1.807) is 12.1 Å². The first kappa shape index (κ1) is 22.2. The minimum atomic E-state index is -0.194. The summed E-state index contributed by atoms with van der Waals surface area (Å²) < 4.78 is 19.0. The number of anilines is 1. The Morgan fingerprint density at radius 3 is 2.96 bits per heavy atom. The highest BCUT2D eigenvalue weighted by molar-refractivity contribution is 14.0. The van der Waals surface area contributed by atoms with Gasteiger partial charge < -0.3 is 19.9 Å². The van der Waals surface area contributed by atoms with Crippen LogP contribution in [0.3, 0.4) is 0 Å². The monoisotopic (exact) mass is 490 g/mol. The molecule has 1 aromatic carbocycles. The quantitative estimate of drug-likeness (QED) is 0.288. The van der Waals surface area contributed by atoms with Crippen LogP contribution in [0, 0.1) is 11.2 Å². The van der Waals surface area contributed by atoms with Crippen LogP contribution in [0.5, 0.6) is 0 Å². The summed E-state index contributed by atoms with van der Waals surface area (Å²) in [5, 5.41) is 3.43. The lowest BCUT2D eigenvalue weighted by Gasteiger charge is -2.25. The van der Waals surface area contributed by atoms with Gasteiger partial charge in [0.1, 0.15) is 5.82 Å². The van der Waals surface area contributed by atoms with Crippen LogP contribution in [0.15, 0.2) is 29.3 Å². The van der Waals surface area contributed by atoms with Crippen molar-refractivity contribution in [2.75, 3.05) is 57.9 Å². The molecule has 7 heteroatoms. The maximum Gasteiger partial charge on any atom is 0.193 e. The molecule has 1 unspecified atom stereocenters. The van der Waals surface area contributed by atoms with Crippen molar-refractivity contribution in [1.82, 2.24) is 10.2 Å². The molecule has 5 nitrogen and oxygen atoms in total. The number of hydrogen-bond donors (Lipinski definition) is 1. The number of likely N-dealkylation sites (tertiary alicyclic amines) is 1. The molecule has 0 radical (unpaired) electrons. The van der Waals surface area contributed by atoms with E-state index in [-0.39, 0.29) is 29.8 Å². The van der Waals surface area contributed by atoms with E-state index in [1.807, 2.05) is 13.1 Å². The number of guanidine groups is 1. The summed E-state index contributed by atoms with van der Waals surface area (Å²) in [5.41, 5.74) is 1.25. The zero-order chi connectivity index (χ0) is 18.4. The number of ether oxygens (including phenoxy) is 1. The molecule has 2 aliphatic heterocycles. The predicted octanol–water partition coefficient (Wildman–Crippen LogP) is 3.35. The van der Waals surface area contributed by atoms with Crippen molar-refractivity contribution in [3.05, 3.63) is 30.1 Å². The maximum atomic E-state index is 13.3. The Kier molecular flexibility index (Phi) is 8.60. The van der Waals surface area contributed by atoms with Crippen LogP contribution in [0.25, 0.3) is 0 Å². The van der Waals surface area contributed by atoms with Crippen molar-refractivity contribution in [2.24, 2.45) is 10.4 Å². The molecule has 1 spiro atoms. The Morgan fingerprint density at radius 1 is 1.41 bits per heavy atom. The van der Waals surface area contributed by atoms with Crippen molar-refractivity contribution in [3.63, 3.8) is 0 Å². The first-order valence-electron chi connectivity index (χ1n) is 9.70. The van der Waals surface area contributed by atoms with Gasteiger partial charge in [-0.2, -0.15) is 0 Å². The molecule has 1 atom stereocenters. The number of aliphatic imine (C=N–C) groups is 1. The van der Waals surface area contributed by atoms with E-state index in [4.69, 9.17) is 9.73 Å². The lowest BCUT2D eigenvalue weighted by molar-refractivity contribution is 0.156. The fourth-order valence-electron chi connectivity index (χ4n) is 3.85. The van der Waals surface area contributed by atoms with Gasteiger partial charge in [-0.25, -0.2) is 4.39 Å². The molecular formula is C20H32FIN4O. The lowest BCUT2D eigenvalue weighted by Crippen LogP contribution is -2.41. The summed E-state index contributed by atoms with van der Waals surface area (Å²) in [7, 11) is 1.99. The van der Waals surface area contributed by atoms with E-state index < -0.39 is 0 Å². The molecule has 1 aromatic rings. The summed E-state index contributed by atoms with van der Waals surface area (Å²) in [4.78, 5) is 9.28. The molecule has 0 amide bonds. The number of rotatable bonds is 6. The van der Waals surface area contributed by atoms with Crippen molar-refractivity contribution in [2.45, 2.75) is 26.2 Å². The largest absolute Gasteiger partial charge is 0.381 e. The molecular weight excluding hydrogens is 458 g/mol. The van der Waals surface area contributed by atoms with Gasteiger partial charge in [0.15, 0.2) is 5.96 Å². The Balaban J connectivity index is 0.00000261. The van der Waals surface area contributed by atoms with E-state index in [9.17, 15) is 4.39 Å². The van der Waals surface area contributed by atoms with Crippen LogP contribution in [-0.4, -0.2) is 63.8 Å². The SMILES string of the molecule is CCNC(=NCCCN(C)c1cccc(F)c1)N1CCC2(CCOC2)C1.I. The Hall–Kier alpha value is -1.09. The molecule has 2 aliphatic rings. The number of nitrogens with zero attached hydrogens (tertiary/aromatic N) is 3. The van der Waals surface area contributed by atoms with Gasteiger partial charge in [-0.15, -0.1) is 24.0 Å². The van der Waals surface area contributed by atoms with E-state index in [1.165, 1.54) is 18.9 Å². The van der Waals surface area contributed by atoms with Crippen molar-refractivity contribution < 1.29 is 9.13 Å². The van der Waals surface area contributed by atoms with E-state index >= 15 is 0 Å². The summed E-state index contributed by atoms with van der Waals surface area (Å²) in [6, 6.07) is 6.73. The number of halogens is 2. The van der Waals surface area contributed by atoms with Gasteiger partial charge in [0.2, 0.25) is 0 Å². The summed E-state index contributed by atoms with van der Waals surface area (Å²) in [5.74, 6) is 0.824. The zero-order valence-electron chi connectivity index (χ0n) is 16.4. The normalized spacial score (nSPS) is 22.2. The first-order chi connectivity index (χ1) is 12.6. The summed E-state index contributed by atoms with van der Waals surface area (Å²) in [6.07, 6.45) is 3.30. The standard InChI is InChI=1S/C20H31FN4O.HI/c1-3-22-19(25-12-8-20(15-25)9-13-26-16-20)23-10-5-11-24(2)18-7-4-6-17(21)14-18;/h4,6-7,14H,3,5,8-13,15-16H2,1-2H3,(H,22,23);1H. The van der Waals surface area contributed by atoms with Gasteiger partial charge in [-0.1, -0.05) is 6.07 Å². The Bertz CT molecular complexity index is 622. The van der Waals surface area contributed by atoms with E-state index in [2.05, 4.69) is 22.0 Å². The highest BCUT2D eigenvalue weighted by Crippen LogP contribution is 2.38. The summed E-state index contributed by atoms with van der Waals surface area (Å²) >= 11 is 0. The van der Waals surface area contributed by atoms with Crippen LogP contribution >= 0.6 is 24.0 Å². The van der Waals surface area contributed by atoms with Gasteiger partial charge in [0, 0.05) is 57.5 Å². The van der Waals surface area contributed by atoms with Crippen molar-refractivity contribution in [3.8, 4) is 0 Å². The number of nitrogens with one attached hydrogen (secondary N) is 1. The minimum absolute atomic E-state index is 0. The van der Waals surface area contributed by atoms with Crippen LogP contribution < -0.4 is 10.2 Å². The van der Waals surface area contributed by atoms with Gasteiger partial charge in [-0.05, 0) is 44.4 Å². The highest BCUT2D eigenvalue weighted by atomic mass is 127. The van der Waals surface area contributed by atoms with Crippen molar-refractivity contribution >= 4 is 35.6 Å². The molecule has 0 aliphatic carbocycles. The Labute approximate surface area is 179 Å². The fourth-order valence-corrected chi connectivity index (χ4v) is 3.85. The molecule has 1 N–H and O–H groups in total. The van der Waals surface area contributed by atoms with Crippen LogP contribution in [0.2, 0.25) is 0 Å². The lowest BCUT2D eigenvalue weighted by atomic mass is 9.87. The second-order valence-electron chi connectivity index (χ2n) is 7.46. The molecule has 152 valence electrons. The second kappa shape index (κ2) is 10.5. The summed E-state index contributed by atoms with van der Waals surface area (Å²) in [6.45, 7) is 8.49. The smallest absolute Gasteiger partial charge is 0.193 e. The Morgan fingerprint density at radius 2 is 2.26 bits per heavy atom. The minimum Gasteiger partial charge on any atom is -0.381 e. The average Bonchev–Trinajstić information content (AvgIpc) is 3.27. The highest BCUT2D eigenvalue weighted by Gasteiger charge is 2.42. The molecule has 2 heterocycles. The zero-order valence-corrected chi connectivity index (χ0v) is 18.7. The first-order valence-corrected chi connectivity index (χ1v) is 9.70. The van der Waals surface area contributed by atoms with E-state index in [0.717, 1.165) is 64.0 Å². The molecule has 2 saturated heterocycles. The van der Waals surface area contributed by atoms with Gasteiger partial charge in [0.25, 0.3) is 0 Å². The van der Waals surface area contributed by atoms with E-state index in [0.29, 0.717) is 5.41 Å². The van der Waals surface area contributed by atoms with Crippen LogP contribution in [0.4, 0.5) is 10.1 Å². The molecule has 2 fully saturated rings. The maximum absolute atomic E-state index is 13.3. The van der Waals surface area contributed by atoms with Gasteiger partial charge in [0.05, 0.1) is 6.61 Å². The molecule has 0 aromatic heterocycles. The van der Waals surface area contributed by atoms with Gasteiger partial charge in [-0.3, -0.25) is 4.99 Å². The molecule has 3 rings (SSSR count). The average molecular weight is 490 g/mol. The third kappa shape index (κ3) is 5.94. The number of benzene rings is 1. The van der Waals surface area contributed by atoms with Crippen LogP contribution in [-0.2, 0) is 4.74 Å². The third-order valence-electron chi connectivity index (χ3n) is 5.42. The van der Waals surface area contributed by atoms with Crippen LogP contribution in [0.1, 0.15) is 26.2 Å². The third-order valence-corrected chi connectivity index (χ3v) is 5.42. The predicted molar refractivity (Wildman–Crippen MR) is 120 cm³/mol. The second-order valence-corrected chi connectivity index (χ2v) is 7.46. The molecule has 27 heavy (non-hydrogen) atoms. The number of hydrogen-bond acceptors (Lipinski definition) is 3. The van der Waals surface area contributed by atoms with Crippen molar-refractivity contribution in [1.29, 1.82) is 0 Å². The topological polar surface area (TPSA) is 40.1 Å². The molecule has 0 bridgehead atoms. The van der Waals surface area contributed by atoms with Gasteiger partial charge >= 0.3 is 0 Å².